The lowest BCUT2D eigenvalue weighted by atomic mass is 10.1. The van der Waals surface area contributed by atoms with E-state index in [9.17, 15) is 0 Å². The Morgan fingerprint density at radius 3 is 2.66 bits per heavy atom. The van der Waals surface area contributed by atoms with Gasteiger partial charge in [0.1, 0.15) is 17.9 Å². The number of aryl methyl sites for hydroxylation is 1. The van der Waals surface area contributed by atoms with Crippen LogP contribution in [0.4, 0.5) is 5.82 Å². The van der Waals surface area contributed by atoms with Crippen LogP contribution >= 0.6 is 0 Å². The summed E-state index contributed by atoms with van der Waals surface area (Å²) in [6.07, 6.45) is 5.42. The molecule has 142 valence electrons. The smallest absolute Gasteiger partial charge is 0.150 e. The summed E-state index contributed by atoms with van der Waals surface area (Å²) < 4.78 is 7.59. The summed E-state index contributed by atoms with van der Waals surface area (Å²) in [7, 11) is 0. The van der Waals surface area contributed by atoms with E-state index in [-0.39, 0.29) is 0 Å². The Labute approximate surface area is 168 Å². The van der Waals surface area contributed by atoms with Gasteiger partial charge in [0, 0.05) is 17.4 Å². The number of furan rings is 1. The van der Waals surface area contributed by atoms with Gasteiger partial charge in [0.05, 0.1) is 18.2 Å². The number of benzene rings is 2. The number of nitrogens with one attached hydrogen (secondary N) is 1. The molecule has 5 heteroatoms. The Morgan fingerprint density at radius 1 is 0.966 bits per heavy atom. The number of hydrogen-bond donors (Lipinski definition) is 1. The molecule has 5 nitrogen and oxygen atoms in total. The Kier molecular flexibility index (Phi) is 4.33. The summed E-state index contributed by atoms with van der Waals surface area (Å²) in [4.78, 5) is 9.17. The van der Waals surface area contributed by atoms with Crippen LogP contribution in [-0.2, 0) is 6.54 Å². The third-order valence-corrected chi connectivity index (χ3v) is 4.96. The van der Waals surface area contributed by atoms with Crippen LogP contribution in [0.2, 0.25) is 0 Å². The molecular formula is C24H20N4O. The molecule has 0 radical (unpaired) electrons. The highest BCUT2D eigenvalue weighted by atomic mass is 16.3. The van der Waals surface area contributed by atoms with Gasteiger partial charge in [-0.2, -0.15) is 0 Å². The van der Waals surface area contributed by atoms with Gasteiger partial charge in [-0.3, -0.25) is 0 Å². The first-order valence-corrected chi connectivity index (χ1v) is 9.54. The monoisotopic (exact) mass is 380 g/mol. The van der Waals surface area contributed by atoms with Gasteiger partial charge in [0.2, 0.25) is 0 Å². The molecule has 0 atom stereocenters. The lowest BCUT2D eigenvalue weighted by Gasteiger charge is -2.08. The summed E-state index contributed by atoms with van der Waals surface area (Å²) in [6, 6.07) is 22.6. The van der Waals surface area contributed by atoms with Crippen LogP contribution in [0.3, 0.4) is 0 Å². The van der Waals surface area contributed by atoms with Gasteiger partial charge in [0.15, 0.2) is 5.65 Å². The highest BCUT2D eigenvalue weighted by molar-refractivity contribution is 6.02. The molecule has 3 aromatic heterocycles. The molecule has 0 aliphatic heterocycles. The Balaban J connectivity index is 1.70. The van der Waals surface area contributed by atoms with Gasteiger partial charge in [-0.15, -0.1) is 0 Å². The SMILES string of the molecule is Cc1cccc(-n2cc(-c3ccccc3)c3c(NCc4ccco4)ncnc32)c1. The van der Waals surface area contributed by atoms with Crippen LogP contribution in [0.5, 0.6) is 0 Å². The number of nitrogens with zero attached hydrogens (tertiary/aromatic N) is 3. The quantitative estimate of drug-likeness (QED) is 0.431. The van der Waals surface area contributed by atoms with Crippen molar-refractivity contribution < 1.29 is 4.42 Å². The van der Waals surface area contributed by atoms with Crippen molar-refractivity contribution in [3.8, 4) is 16.8 Å². The van der Waals surface area contributed by atoms with Crippen LogP contribution < -0.4 is 5.32 Å². The predicted molar refractivity (Wildman–Crippen MR) is 115 cm³/mol. The standard InChI is InChI=1S/C24H20N4O/c1-17-7-5-10-19(13-17)28-15-21(18-8-3-2-4-9-18)22-23(26-16-27-24(22)28)25-14-20-11-6-12-29-20/h2-13,15-16H,14H2,1H3,(H,25,26,27). The van der Waals surface area contributed by atoms with Gasteiger partial charge < -0.3 is 14.3 Å². The highest BCUT2D eigenvalue weighted by Crippen LogP contribution is 2.35. The molecule has 3 heterocycles. The normalized spacial score (nSPS) is 11.1. The molecular weight excluding hydrogens is 360 g/mol. The molecule has 0 saturated heterocycles. The van der Waals surface area contributed by atoms with E-state index in [4.69, 9.17) is 4.42 Å². The third kappa shape index (κ3) is 3.27. The van der Waals surface area contributed by atoms with E-state index in [2.05, 4.69) is 69.4 Å². The maximum atomic E-state index is 5.46. The second kappa shape index (κ2) is 7.28. The summed E-state index contributed by atoms with van der Waals surface area (Å²) in [5, 5.41) is 4.41. The zero-order valence-electron chi connectivity index (χ0n) is 16.0. The second-order valence-electron chi connectivity index (χ2n) is 6.97. The van der Waals surface area contributed by atoms with Gasteiger partial charge in [-0.1, -0.05) is 42.5 Å². The predicted octanol–water partition coefficient (Wildman–Crippen LogP) is 5.60. The number of fused-ring (bicyclic) bond motifs is 1. The molecule has 0 amide bonds. The molecule has 0 aliphatic carbocycles. The van der Waals surface area contributed by atoms with Crippen LogP contribution in [0.1, 0.15) is 11.3 Å². The van der Waals surface area contributed by atoms with Crippen molar-refractivity contribution in [1.82, 2.24) is 14.5 Å². The fourth-order valence-electron chi connectivity index (χ4n) is 3.59. The molecule has 0 aliphatic rings. The minimum absolute atomic E-state index is 0.559. The number of hydrogen-bond acceptors (Lipinski definition) is 4. The van der Waals surface area contributed by atoms with E-state index in [1.807, 2.05) is 30.3 Å². The minimum atomic E-state index is 0.559. The van der Waals surface area contributed by atoms with E-state index in [1.54, 1.807) is 12.6 Å². The first-order valence-electron chi connectivity index (χ1n) is 9.54. The Hall–Kier alpha value is -3.86. The first-order chi connectivity index (χ1) is 14.3. The largest absolute Gasteiger partial charge is 0.467 e. The lowest BCUT2D eigenvalue weighted by Crippen LogP contribution is -2.02. The summed E-state index contributed by atoms with van der Waals surface area (Å²) in [6.45, 7) is 2.65. The van der Waals surface area contributed by atoms with Crippen molar-refractivity contribution in [3.63, 3.8) is 0 Å². The van der Waals surface area contributed by atoms with Crippen molar-refractivity contribution in [2.45, 2.75) is 13.5 Å². The average Bonchev–Trinajstić information content (AvgIpc) is 3.41. The van der Waals surface area contributed by atoms with Crippen molar-refractivity contribution in [2.75, 3.05) is 5.32 Å². The molecule has 5 rings (SSSR count). The zero-order valence-corrected chi connectivity index (χ0v) is 16.0. The number of rotatable bonds is 5. The lowest BCUT2D eigenvalue weighted by molar-refractivity contribution is 0.518. The molecule has 0 spiro atoms. The van der Waals surface area contributed by atoms with Crippen LogP contribution in [0, 0.1) is 6.92 Å². The van der Waals surface area contributed by atoms with Gasteiger partial charge >= 0.3 is 0 Å². The fourth-order valence-corrected chi connectivity index (χ4v) is 3.59. The van der Waals surface area contributed by atoms with E-state index < -0.39 is 0 Å². The van der Waals surface area contributed by atoms with Crippen molar-refractivity contribution >= 4 is 16.9 Å². The third-order valence-electron chi connectivity index (χ3n) is 4.96. The summed E-state index contributed by atoms with van der Waals surface area (Å²) in [5.41, 5.74) is 5.36. The van der Waals surface area contributed by atoms with E-state index >= 15 is 0 Å². The van der Waals surface area contributed by atoms with E-state index in [0.29, 0.717) is 6.54 Å². The fraction of sp³-hybridized carbons (Fsp3) is 0.0833. The van der Waals surface area contributed by atoms with Crippen LogP contribution in [-0.4, -0.2) is 14.5 Å². The summed E-state index contributed by atoms with van der Waals surface area (Å²) in [5.74, 6) is 1.65. The van der Waals surface area contributed by atoms with E-state index in [1.165, 1.54) is 5.56 Å². The molecule has 0 bridgehead atoms. The zero-order chi connectivity index (χ0) is 19.6. The highest BCUT2D eigenvalue weighted by Gasteiger charge is 2.17. The molecule has 5 aromatic rings. The Bertz CT molecular complexity index is 1260. The summed E-state index contributed by atoms with van der Waals surface area (Å²) >= 11 is 0. The topological polar surface area (TPSA) is 55.9 Å². The van der Waals surface area contributed by atoms with Crippen molar-refractivity contribution in [3.05, 3.63) is 96.8 Å². The van der Waals surface area contributed by atoms with E-state index in [0.717, 1.165) is 39.4 Å². The number of anilines is 1. The maximum Gasteiger partial charge on any atom is 0.150 e. The van der Waals surface area contributed by atoms with Crippen LogP contribution in [0.15, 0.2) is 89.9 Å². The maximum absolute atomic E-state index is 5.46. The molecule has 0 fully saturated rings. The van der Waals surface area contributed by atoms with Crippen LogP contribution in [0.25, 0.3) is 27.8 Å². The van der Waals surface area contributed by atoms with Gasteiger partial charge in [-0.25, -0.2) is 9.97 Å². The second-order valence-corrected chi connectivity index (χ2v) is 6.97. The minimum Gasteiger partial charge on any atom is -0.467 e. The van der Waals surface area contributed by atoms with Gasteiger partial charge in [0.25, 0.3) is 0 Å². The molecule has 2 aromatic carbocycles. The Morgan fingerprint density at radius 2 is 1.86 bits per heavy atom. The van der Waals surface area contributed by atoms with Crippen molar-refractivity contribution in [2.24, 2.45) is 0 Å². The molecule has 0 saturated carbocycles. The molecule has 1 N–H and O–H groups in total. The molecule has 0 unspecified atom stereocenters. The first kappa shape index (κ1) is 17.3. The van der Waals surface area contributed by atoms with Gasteiger partial charge in [-0.05, 0) is 42.3 Å². The van der Waals surface area contributed by atoms with Crippen molar-refractivity contribution in [1.29, 1.82) is 0 Å². The molecule has 29 heavy (non-hydrogen) atoms. The average molecular weight is 380 g/mol. The number of aromatic nitrogens is 3.